The highest BCUT2D eigenvalue weighted by Crippen LogP contribution is 2.20. The van der Waals surface area contributed by atoms with E-state index in [1.165, 1.54) is 24.5 Å². The van der Waals surface area contributed by atoms with Crippen molar-refractivity contribution in [3.05, 3.63) is 48.2 Å². The molecule has 2 rings (SSSR count). The van der Waals surface area contributed by atoms with E-state index in [1.54, 1.807) is 19.1 Å². The number of esters is 1. The zero-order valence-corrected chi connectivity index (χ0v) is 9.76. The summed E-state index contributed by atoms with van der Waals surface area (Å²) >= 11 is 0. The van der Waals surface area contributed by atoms with Crippen LogP contribution < -0.4 is 0 Å². The second kappa shape index (κ2) is 5.35. The number of carbonyl (C=O) groups is 1. The Labute approximate surface area is 103 Å². The van der Waals surface area contributed by atoms with Gasteiger partial charge < -0.3 is 4.74 Å². The predicted molar refractivity (Wildman–Crippen MR) is 63.4 cm³/mol. The molecule has 18 heavy (non-hydrogen) atoms. The molecule has 0 fully saturated rings. The van der Waals surface area contributed by atoms with Gasteiger partial charge in [0.15, 0.2) is 0 Å². The smallest absolute Gasteiger partial charge is 0.356 e. The molecule has 0 aliphatic heterocycles. The number of carbonyl (C=O) groups excluding carboxylic acids is 1. The Bertz CT molecular complexity index is 558. The second-order valence-corrected chi connectivity index (χ2v) is 3.48. The van der Waals surface area contributed by atoms with Gasteiger partial charge in [-0.05, 0) is 31.2 Å². The maximum atomic E-state index is 13.7. The van der Waals surface area contributed by atoms with Crippen molar-refractivity contribution in [3.8, 4) is 11.3 Å². The van der Waals surface area contributed by atoms with E-state index >= 15 is 0 Å². The Kier molecular flexibility index (Phi) is 3.62. The largest absolute Gasteiger partial charge is 0.461 e. The first kappa shape index (κ1) is 12.2. The third-order valence-corrected chi connectivity index (χ3v) is 2.28. The summed E-state index contributed by atoms with van der Waals surface area (Å²) in [4.78, 5) is 19.3. The fraction of sp³-hybridized carbons (Fsp3) is 0.154. The molecule has 0 atom stereocenters. The van der Waals surface area contributed by atoms with Crippen LogP contribution in [0.4, 0.5) is 4.39 Å². The van der Waals surface area contributed by atoms with E-state index in [0.717, 1.165) is 0 Å². The van der Waals surface area contributed by atoms with E-state index in [9.17, 15) is 9.18 Å². The molecule has 0 saturated carbocycles. The molecular formula is C13H11FN2O2. The summed E-state index contributed by atoms with van der Waals surface area (Å²) in [5.74, 6) is -1.05. The average Bonchev–Trinajstić information content (AvgIpc) is 2.40. The molecule has 0 unspecified atom stereocenters. The number of hydrogen-bond acceptors (Lipinski definition) is 4. The topological polar surface area (TPSA) is 52.1 Å². The lowest BCUT2D eigenvalue weighted by Gasteiger charge is -2.05. The van der Waals surface area contributed by atoms with Gasteiger partial charge in [-0.1, -0.05) is 0 Å². The molecule has 0 radical (unpaired) electrons. The molecule has 0 bridgehead atoms. The fourth-order valence-electron chi connectivity index (χ4n) is 1.47. The molecule has 92 valence electrons. The number of hydrogen-bond donors (Lipinski definition) is 0. The van der Waals surface area contributed by atoms with Crippen molar-refractivity contribution in [2.24, 2.45) is 0 Å². The molecule has 0 aromatic carbocycles. The lowest BCUT2D eigenvalue weighted by molar-refractivity contribution is 0.0519. The van der Waals surface area contributed by atoms with Crippen molar-refractivity contribution < 1.29 is 13.9 Å². The number of rotatable bonds is 3. The van der Waals surface area contributed by atoms with Gasteiger partial charge in [0.05, 0.1) is 6.61 Å². The number of ether oxygens (including phenoxy) is 1. The van der Waals surface area contributed by atoms with Crippen molar-refractivity contribution in [3.63, 3.8) is 0 Å². The Morgan fingerprint density at radius 3 is 2.67 bits per heavy atom. The molecule has 5 heteroatoms. The summed E-state index contributed by atoms with van der Waals surface area (Å²) < 4.78 is 18.5. The summed E-state index contributed by atoms with van der Waals surface area (Å²) in [7, 11) is 0. The van der Waals surface area contributed by atoms with E-state index in [4.69, 9.17) is 4.74 Å². The lowest BCUT2D eigenvalue weighted by atomic mass is 10.1. The molecule has 0 N–H and O–H groups in total. The van der Waals surface area contributed by atoms with Gasteiger partial charge >= 0.3 is 5.97 Å². The van der Waals surface area contributed by atoms with Crippen LogP contribution in [0.3, 0.4) is 0 Å². The first-order valence-electron chi connectivity index (χ1n) is 5.46. The van der Waals surface area contributed by atoms with E-state index in [1.807, 2.05) is 0 Å². The van der Waals surface area contributed by atoms with Gasteiger partial charge in [0, 0.05) is 18.0 Å². The van der Waals surface area contributed by atoms with Crippen molar-refractivity contribution in [1.29, 1.82) is 0 Å². The maximum absolute atomic E-state index is 13.7. The average molecular weight is 246 g/mol. The molecule has 4 nitrogen and oxygen atoms in total. The minimum absolute atomic E-state index is 0.0880. The number of aromatic nitrogens is 2. The van der Waals surface area contributed by atoms with Crippen molar-refractivity contribution in [2.75, 3.05) is 6.61 Å². The maximum Gasteiger partial charge on any atom is 0.356 e. The third kappa shape index (κ3) is 2.51. The summed E-state index contributed by atoms with van der Waals surface area (Å²) in [6, 6.07) is 5.76. The minimum atomic E-state index is -0.562. The van der Waals surface area contributed by atoms with Gasteiger partial charge in [0.2, 0.25) is 0 Å². The minimum Gasteiger partial charge on any atom is -0.461 e. The van der Waals surface area contributed by atoms with E-state index in [2.05, 4.69) is 9.97 Å². The van der Waals surface area contributed by atoms with Gasteiger partial charge in [-0.25, -0.2) is 14.2 Å². The predicted octanol–water partition coefficient (Wildman–Crippen LogP) is 2.46. The van der Waals surface area contributed by atoms with Crippen LogP contribution in [0.15, 0.2) is 36.7 Å². The number of halogens is 1. The van der Waals surface area contributed by atoms with Crippen LogP contribution in [0.1, 0.15) is 17.4 Å². The summed E-state index contributed by atoms with van der Waals surface area (Å²) in [5.41, 5.74) is 0.765. The highest BCUT2D eigenvalue weighted by molar-refractivity contribution is 5.88. The van der Waals surface area contributed by atoms with Gasteiger partial charge in [-0.3, -0.25) is 4.98 Å². The third-order valence-electron chi connectivity index (χ3n) is 2.28. The van der Waals surface area contributed by atoms with Crippen molar-refractivity contribution >= 4 is 5.97 Å². The van der Waals surface area contributed by atoms with E-state index in [-0.39, 0.29) is 18.0 Å². The second-order valence-electron chi connectivity index (χ2n) is 3.48. The van der Waals surface area contributed by atoms with Crippen LogP contribution >= 0.6 is 0 Å². The molecule has 0 aliphatic carbocycles. The monoisotopic (exact) mass is 246 g/mol. The van der Waals surface area contributed by atoms with Crippen LogP contribution in [0.25, 0.3) is 11.3 Å². The molecule has 2 aromatic rings. The summed E-state index contributed by atoms with van der Waals surface area (Å²) in [5, 5.41) is 0. The molecule has 0 spiro atoms. The number of pyridine rings is 2. The van der Waals surface area contributed by atoms with Crippen molar-refractivity contribution in [2.45, 2.75) is 6.92 Å². The Balaban J connectivity index is 2.42. The van der Waals surface area contributed by atoms with Crippen LogP contribution in [-0.2, 0) is 4.74 Å². The van der Waals surface area contributed by atoms with Crippen molar-refractivity contribution in [1.82, 2.24) is 9.97 Å². The highest BCUT2D eigenvalue weighted by Gasteiger charge is 2.13. The van der Waals surface area contributed by atoms with Crippen LogP contribution in [0.5, 0.6) is 0 Å². The first-order chi connectivity index (χ1) is 8.72. The zero-order valence-electron chi connectivity index (χ0n) is 9.76. The molecule has 2 aromatic heterocycles. The Morgan fingerprint density at radius 2 is 2.00 bits per heavy atom. The van der Waals surface area contributed by atoms with Gasteiger partial charge in [0.1, 0.15) is 17.2 Å². The molecular weight excluding hydrogens is 235 g/mol. The first-order valence-corrected chi connectivity index (χ1v) is 5.46. The fourth-order valence-corrected chi connectivity index (χ4v) is 1.47. The highest BCUT2D eigenvalue weighted by atomic mass is 19.1. The SMILES string of the molecule is CCOC(=O)c1ccc(F)c(-c2ccncc2)n1. The number of nitrogens with zero attached hydrogens (tertiary/aromatic N) is 2. The molecule has 0 aliphatic rings. The van der Waals surface area contributed by atoms with Gasteiger partial charge in [-0.2, -0.15) is 0 Å². The Morgan fingerprint density at radius 1 is 1.28 bits per heavy atom. The van der Waals surface area contributed by atoms with Crippen LogP contribution in [0.2, 0.25) is 0 Å². The Hall–Kier alpha value is -2.30. The molecule has 0 saturated heterocycles. The van der Waals surface area contributed by atoms with Gasteiger partial charge in [-0.15, -0.1) is 0 Å². The standard InChI is InChI=1S/C13H11FN2O2/c1-2-18-13(17)11-4-3-10(14)12(16-11)9-5-7-15-8-6-9/h3-8H,2H2,1H3. The molecule has 0 amide bonds. The van der Waals surface area contributed by atoms with E-state index in [0.29, 0.717) is 5.56 Å². The van der Waals surface area contributed by atoms with Crippen LogP contribution in [-0.4, -0.2) is 22.5 Å². The quantitative estimate of drug-likeness (QED) is 0.780. The van der Waals surface area contributed by atoms with Gasteiger partial charge in [0.25, 0.3) is 0 Å². The zero-order chi connectivity index (χ0) is 13.0. The van der Waals surface area contributed by atoms with Crippen LogP contribution in [0, 0.1) is 5.82 Å². The normalized spacial score (nSPS) is 10.1. The van der Waals surface area contributed by atoms with E-state index < -0.39 is 11.8 Å². The molecule has 2 heterocycles. The lowest BCUT2D eigenvalue weighted by Crippen LogP contribution is -2.08. The summed E-state index contributed by atoms with van der Waals surface area (Å²) in [6.45, 7) is 1.95. The summed E-state index contributed by atoms with van der Waals surface area (Å²) in [6.07, 6.45) is 3.07.